The summed E-state index contributed by atoms with van der Waals surface area (Å²) in [5.41, 5.74) is 2.92. The molecule has 0 fully saturated rings. The first-order valence-corrected chi connectivity index (χ1v) is 12.3. The van der Waals surface area contributed by atoms with Gasteiger partial charge in [-0.15, -0.1) is 0 Å². The zero-order valence-electron chi connectivity index (χ0n) is 20.4. The molecule has 5 rings (SSSR count). The third kappa shape index (κ3) is 4.95. The van der Waals surface area contributed by atoms with Crippen molar-refractivity contribution >= 4 is 5.97 Å². The van der Waals surface area contributed by atoms with E-state index in [4.69, 9.17) is 4.74 Å². The van der Waals surface area contributed by atoms with Crippen LogP contribution in [0.5, 0.6) is 0 Å². The molecule has 184 valence electrons. The van der Waals surface area contributed by atoms with Crippen LogP contribution in [-0.2, 0) is 16.7 Å². The average molecular weight is 489 g/mol. The minimum absolute atomic E-state index is 0.129. The van der Waals surface area contributed by atoms with Gasteiger partial charge in [0.05, 0.1) is 11.7 Å². The van der Waals surface area contributed by atoms with Crippen molar-refractivity contribution in [2.75, 3.05) is 6.61 Å². The van der Waals surface area contributed by atoms with Crippen LogP contribution in [0.15, 0.2) is 134 Å². The quantitative estimate of drug-likeness (QED) is 0.220. The number of nitrogens with zero attached hydrogens (tertiary/aromatic N) is 2. The average Bonchev–Trinajstić information content (AvgIpc) is 3.42. The second-order valence-corrected chi connectivity index (χ2v) is 8.84. The molecule has 5 aromatic rings. The van der Waals surface area contributed by atoms with Gasteiger partial charge >= 0.3 is 5.97 Å². The van der Waals surface area contributed by atoms with Crippen molar-refractivity contribution in [3.05, 3.63) is 162 Å². The van der Waals surface area contributed by atoms with E-state index in [1.165, 1.54) is 0 Å². The van der Waals surface area contributed by atoms with E-state index in [0.29, 0.717) is 11.4 Å². The van der Waals surface area contributed by atoms with Crippen LogP contribution in [0.4, 0.5) is 0 Å². The Bertz CT molecular complexity index is 1320. The monoisotopic (exact) mass is 488 g/mol. The second-order valence-electron chi connectivity index (χ2n) is 8.84. The summed E-state index contributed by atoms with van der Waals surface area (Å²) in [5.74, 6) is 0.218. The zero-order chi connectivity index (χ0) is 25.5. The molecule has 1 atom stereocenters. The molecule has 0 saturated heterocycles. The number of rotatable bonds is 9. The molecule has 0 aliphatic rings. The van der Waals surface area contributed by atoms with Gasteiger partial charge in [-0.3, -0.25) is 0 Å². The largest absolute Gasteiger partial charge is 0.459 e. The lowest BCUT2D eigenvalue weighted by Gasteiger charge is -2.38. The van der Waals surface area contributed by atoms with Gasteiger partial charge in [0, 0.05) is 18.8 Å². The predicted octanol–water partition coefficient (Wildman–Crippen LogP) is 5.48. The molecule has 0 bridgehead atoms. The highest BCUT2D eigenvalue weighted by Gasteiger charge is 2.39. The van der Waals surface area contributed by atoms with Gasteiger partial charge in [0.1, 0.15) is 18.0 Å². The summed E-state index contributed by atoms with van der Waals surface area (Å²) in [6, 6.07) is 39.7. The molecular formula is C32H28N2O3. The molecule has 0 radical (unpaired) electrons. The molecule has 4 aromatic carbocycles. The Morgan fingerprint density at radius 2 is 1.22 bits per heavy atom. The van der Waals surface area contributed by atoms with Gasteiger partial charge in [-0.1, -0.05) is 109 Å². The number of hydrogen-bond donors (Lipinski definition) is 1. The lowest BCUT2D eigenvalue weighted by atomic mass is 9.76. The number of aromatic nitrogens is 2. The lowest BCUT2D eigenvalue weighted by molar-refractivity contribution is 0.0252. The van der Waals surface area contributed by atoms with Gasteiger partial charge in [-0.2, -0.15) is 0 Å². The first kappa shape index (κ1) is 24.2. The van der Waals surface area contributed by atoms with Crippen LogP contribution < -0.4 is 0 Å². The maximum absolute atomic E-state index is 12.4. The van der Waals surface area contributed by atoms with Crippen LogP contribution in [0.2, 0.25) is 0 Å². The fraction of sp³-hybridized carbons (Fsp3) is 0.125. The van der Waals surface area contributed by atoms with Crippen molar-refractivity contribution in [1.82, 2.24) is 9.55 Å². The predicted molar refractivity (Wildman–Crippen MR) is 143 cm³/mol. The molecule has 5 nitrogen and oxygen atoms in total. The first-order chi connectivity index (χ1) is 18.2. The Balaban J connectivity index is 1.53. The first-order valence-electron chi connectivity index (χ1n) is 12.3. The Kier molecular flexibility index (Phi) is 7.24. The van der Waals surface area contributed by atoms with Gasteiger partial charge < -0.3 is 14.4 Å². The summed E-state index contributed by atoms with van der Waals surface area (Å²) in [7, 11) is 0. The van der Waals surface area contributed by atoms with Gasteiger partial charge in [-0.05, 0) is 28.8 Å². The van der Waals surface area contributed by atoms with E-state index >= 15 is 0 Å². The summed E-state index contributed by atoms with van der Waals surface area (Å²) in [6.45, 7) is -0.129. The maximum Gasteiger partial charge on any atom is 0.338 e. The van der Waals surface area contributed by atoms with E-state index in [9.17, 15) is 9.90 Å². The Morgan fingerprint density at radius 1 is 0.757 bits per heavy atom. The van der Waals surface area contributed by atoms with Crippen molar-refractivity contribution in [3.8, 4) is 0 Å². The summed E-state index contributed by atoms with van der Waals surface area (Å²) in [4.78, 5) is 17.0. The van der Waals surface area contributed by atoms with E-state index in [1.54, 1.807) is 30.5 Å². The fourth-order valence-corrected chi connectivity index (χ4v) is 4.85. The van der Waals surface area contributed by atoms with Crippen molar-refractivity contribution < 1.29 is 14.6 Å². The molecule has 37 heavy (non-hydrogen) atoms. The molecule has 0 unspecified atom stereocenters. The standard InChI is InChI=1S/C32H28N2O3/c35-29(24-37-31(36)25-13-5-1-6-14-25)23-30-33-21-22-34(30)32(26-15-7-2-8-16-26,27-17-9-3-10-18-27)28-19-11-4-12-20-28/h1-22,29,35H,23-24H2/t29-/m1/s1. The molecule has 0 aliphatic carbocycles. The Labute approximate surface area is 216 Å². The van der Waals surface area contributed by atoms with Crippen molar-refractivity contribution in [3.63, 3.8) is 0 Å². The summed E-state index contributed by atoms with van der Waals surface area (Å²) in [6.07, 6.45) is 2.99. The smallest absolute Gasteiger partial charge is 0.338 e. The SMILES string of the molecule is O=C(OC[C@H](O)Cc1nccn1C(c1ccccc1)(c1ccccc1)c1ccccc1)c1ccccc1. The van der Waals surface area contributed by atoms with Crippen molar-refractivity contribution in [2.24, 2.45) is 0 Å². The van der Waals surface area contributed by atoms with Crippen LogP contribution in [0.1, 0.15) is 32.9 Å². The molecule has 1 heterocycles. The van der Waals surface area contributed by atoms with Gasteiger partial charge in [0.15, 0.2) is 0 Å². The number of carbonyl (C=O) groups excluding carboxylic acids is 1. The van der Waals surface area contributed by atoms with Crippen molar-refractivity contribution in [1.29, 1.82) is 0 Å². The van der Waals surface area contributed by atoms with Gasteiger partial charge in [0.2, 0.25) is 0 Å². The number of imidazole rings is 1. The fourth-order valence-electron chi connectivity index (χ4n) is 4.85. The van der Waals surface area contributed by atoms with Crippen LogP contribution in [0.25, 0.3) is 0 Å². The molecule has 0 aliphatic heterocycles. The summed E-state index contributed by atoms with van der Waals surface area (Å²) < 4.78 is 7.51. The van der Waals surface area contributed by atoms with E-state index in [1.807, 2.05) is 66.9 Å². The van der Waals surface area contributed by atoms with E-state index in [-0.39, 0.29) is 13.0 Å². The molecule has 5 heteroatoms. The highest BCUT2D eigenvalue weighted by atomic mass is 16.5. The number of benzene rings is 4. The molecule has 1 N–H and O–H groups in total. The third-order valence-corrected chi connectivity index (χ3v) is 6.49. The topological polar surface area (TPSA) is 64.3 Å². The van der Waals surface area contributed by atoms with E-state index in [2.05, 4.69) is 45.9 Å². The minimum atomic E-state index is -0.922. The van der Waals surface area contributed by atoms with Crippen LogP contribution in [0, 0.1) is 0 Å². The number of ether oxygens (including phenoxy) is 1. The lowest BCUT2D eigenvalue weighted by Crippen LogP contribution is -2.39. The highest BCUT2D eigenvalue weighted by Crippen LogP contribution is 2.41. The van der Waals surface area contributed by atoms with Crippen LogP contribution >= 0.6 is 0 Å². The van der Waals surface area contributed by atoms with Crippen molar-refractivity contribution in [2.45, 2.75) is 18.1 Å². The molecule has 0 amide bonds. The molecular weight excluding hydrogens is 460 g/mol. The number of carbonyl (C=O) groups is 1. The highest BCUT2D eigenvalue weighted by molar-refractivity contribution is 5.89. The number of hydrogen-bond acceptors (Lipinski definition) is 4. The third-order valence-electron chi connectivity index (χ3n) is 6.49. The Hall–Kier alpha value is -4.48. The number of aliphatic hydroxyl groups is 1. The van der Waals surface area contributed by atoms with E-state index in [0.717, 1.165) is 16.7 Å². The summed E-state index contributed by atoms with van der Waals surface area (Å²) in [5, 5.41) is 10.9. The molecule has 0 saturated carbocycles. The van der Waals surface area contributed by atoms with E-state index < -0.39 is 17.6 Å². The molecule has 0 spiro atoms. The summed E-state index contributed by atoms with van der Waals surface area (Å²) >= 11 is 0. The van der Waals surface area contributed by atoms with Gasteiger partial charge in [-0.25, -0.2) is 9.78 Å². The number of esters is 1. The van der Waals surface area contributed by atoms with Gasteiger partial charge in [0.25, 0.3) is 0 Å². The molecule has 1 aromatic heterocycles. The minimum Gasteiger partial charge on any atom is -0.459 e. The van der Waals surface area contributed by atoms with Crippen LogP contribution in [0.3, 0.4) is 0 Å². The zero-order valence-corrected chi connectivity index (χ0v) is 20.4. The van der Waals surface area contributed by atoms with Crippen LogP contribution in [-0.4, -0.2) is 33.3 Å². The maximum atomic E-state index is 12.4. The number of aliphatic hydroxyl groups excluding tert-OH is 1. The Morgan fingerprint density at radius 3 is 1.70 bits per heavy atom. The second kappa shape index (κ2) is 11.1. The normalized spacial score (nSPS) is 12.1.